The van der Waals surface area contributed by atoms with Crippen LogP contribution in [0.25, 0.3) is 0 Å². The van der Waals surface area contributed by atoms with Crippen LogP contribution in [0.15, 0.2) is 18.2 Å². The Labute approximate surface area is 128 Å². The van der Waals surface area contributed by atoms with Gasteiger partial charge >= 0.3 is 0 Å². The molecule has 1 aromatic carbocycles. The molecule has 0 bridgehead atoms. The van der Waals surface area contributed by atoms with Crippen molar-refractivity contribution >= 4 is 11.8 Å². The first kappa shape index (κ1) is 14.6. The van der Waals surface area contributed by atoms with Crippen molar-refractivity contribution in [1.82, 2.24) is 10.2 Å². The second kappa shape index (κ2) is 5.84. The number of likely N-dealkylation sites (tertiary alicyclic amines) is 1. The molecule has 0 aliphatic carbocycles. The molecule has 2 atom stereocenters. The molecule has 7 heteroatoms. The number of ether oxygens (including phenoxy) is 2. The van der Waals surface area contributed by atoms with Crippen LogP contribution in [0, 0.1) is 0 Å². The summed E-state index contributed by atoms with van der Waals surface area (Å²) in [6.45, 7) is 0.605. The summed E-state index contributed by atoms with van der Waals surface area (Å²) in [5, 5.41) is 2.59. The van der Waals surface area contributed by atoms with Crippen molar-refractivity contribution in [1.29, 1.82) is 0 Å². The molecule has 0 spiro atoms. The molecule has 7 nitrogen and oxygen atoms in total. The van der Waals surface area contributed by atoms with Gasteiger partial charge in [0, 0.05) is 19.6 Å². The third-order valence-electron chi connectivity index (χ3n) is 4.00. The number of amides is 2. The number of nitrogens with two attached hydrogens (primary N) is 1. The number of nitrogens with zero attached hydrogens (tertiary/aromatic N) is 1. The first-order chi connectivity index (χ1) is 10.6. The molecule has 118 valence electrons. The number of hydrogen-bond donors (Lipinski definition) is 2. The molecular formula is C15H19N3O4. The summed E-state index contributed by atoms with van der Waals surface area (Å²) in [7, 11) is 1.56. The van der Waals surface area contributed by atoms with Crippen LogP contribution in [0.2, 0.25) is 0 Å². The van der Waals surface area contributed by atoms with Gasteiger partial charge in [0.2, 0.25) is 18.6 Å². The molecule has 3 rings (SSSR count). The lowest BCUT2D eigenvalue weighted by molar-refractivity contribution is -0.137. The van der Waals surface area contributed by atoms with Crippen molar-refractivity contribution in [3.05, 3.63) is 23.8 Å². The second-order valence-corrected chi connectivity index (χ2v) is 5.54. The Balaban J connectivity index is 1.72. The van der Waals surface area contributed by atoms with Gasteiger partial charge in [0.05, 0.1) is 6.42 Å². The van der Waals surface area contributed by atoms with Crippen LogP contribution >= 0.6 is 0 Å². The molecule has 3 N–H and O–H groups in total. The summed E-state index contributed by atoms with van der Waals surface area (Å²) in [4.78, 5) is 26.0. The average Bonchev–Trinajstić information content (AvgIpc) is 3.12. The average molecular weight is 305 g/mol. The van der Waals surface area contributed by atoms with Crippen molar-refractivity contribution in [3.8, 4) is 11.5 Å². The molecule has 2 amide bonds. The lowest BCUT2D eigenvalue weighted by Crippen LogP contribution is -2.45. The highest BCUT2D eigenvalue weighted by atomic mass is 16.7. The third-order valence-corrected chi connectivity index (χ3v) is 4.00. The van der Waals surface area contributed by atoms with Gasteiger partial charge in [-0.3, -0.25) is 9.59 Å². The molecular weight excluding hydrogens is 286 g/mol. The zero-order valence-corrected chi connectivity index (χ0v) is 12.4. The molecule has 0 saturated carbocycles. The summed E-state index contributed by atoms with van der Waals surface area (Å²) in [5.74, 6) is 1.04. The minimum Gasteiger partial charge on any atom is -0.454 e. The Kier molecular flexibility index (Phi) is 3.89. The van der Waals surface area contributed by atoms with Crippen LogP contribution < -0.4 is 20.5 Å². The Morgan fingerprint density at radius 3 is 2.91 bits per heavy atom. The lowest BCUT2D eigenvalue weighted by Gasteiger charge is -2.23. The fourth-order valence-corrected chi connectivity index (χ4v) is 2.89. The number of rotatable bonds is 3. The van der Waals surface area contributed by atoms with E-state index in [4.69, 9.17) is 15.2 Å². The van der Waals surface area contributed by atoms with Gasteiger partial charge in [0.1, 0.15) is 6.04 Å². The summed E-state index contributed by atoms with van der Waals surface area (Å²) >= 11 is 0. The molecule has 22 heavy (non-hydrogen) atoms. The third kappa shape index (κ3) is 2.71. The number of likely N-dealkylation sites (N-methyl/N-ethyl adjacent to an activating group) is 1. The lowest BCUT2D eigenvalue weighted by atomic mass is 10.1. The molecule has 0 radical (unpaired) electrons. The fraction of sp³-hybridized carbons (Fsp3) is 0.467. The van der Waals surface area contributed by atoms with Gasteiger partial charge in [-0.2, -0.15) is 0 Å². The minimum atomic E-state index is -0.485. The largest absolute Gasteiger partial charge is 0.454 e. The van der Waals surface area contributed by atoms with Gasteiger partial charge in [0.15, 0.2) is 11.5 Å². The van der Waals surface area contributed by atoms with E-state index in [1.165, 1.54) is 0 Å². The van der Waals surface area contributed by atoms with E-state index < -0.39 is 6.04 Å². The van der Waals surface area contributed by atoms with Crippen molar-refractivity contribution in [2.24, 2.45) is 5.73 Å². The standard InChI is InChI=1S/C15H19N3O4/c1-17-15(20)11-6-10(16)7-18(11)14(19)5-9-2-3-12-13(4-9)22-8-21-12/h2-4,10-11H,5-8,16H2,1H3,(H,17,20)/t10-,11+/m1/s1. The van der Waals surface area contributed by atoms with Crippen molar-refractivity contribution in [3.63, 3.8) is 0 Å². The first-order valence-electron chi connectivity index (χ1n) is 7.23. The van der Waals surface area contributed by atoms with Crippen molar-refractivity contribution in [2.45, 2.75) is 24.9 Å². The zero-order valence-electron chi connectivity index (χ0n) is 12.4. The quantitative estimate of drug-likeness (QED) is 0.795. The number of benzene rings is 1. The predicted molar refractivity (Wildman–Crippen MR) is 78.4 cm³/mol. The summed E-state index contributed by atoms with van der Waals surface area (Å²) in [6.07, 6.45) is 0.698. The summed E-state index contributed by atoms with van der Waals surface area (Å²) < 4.78 is 10.6. The highest BCUT2D eigenvalue weighted by Crippen LogP contribution is 2.32. The molecule has 1 aromatic rings. The Hall–Kier alpha value is -2.28. The van der Waals surface area contributed by atoms with E-state index in [0.29, 0.717) is 24.5 Å². The van der Waals surface area contributed by atoms with Crippen molar-refractivity contribution < 1.29 is 19.1 Å². The van der Waals surface area contributed by atoms with Gasteiger partial charge in [-0.1, -0.05) is 6.07 Å². The van der Waals surface area contributed by atoms with E-state index in [9.17, 15) is 9.59 Å². The maximum atomic E-state index is 12.5. The van der Waals surface area contributed by atoms with Gasteiger partial charge in [-0.15, -0.1) is 0 Å². The minimum absolute atomic E-state index is 0.111. The summed E-state index contributed by atoms with van der Waals surface area (Å²) in [6, 6.07) is 4.77. The molecule has 2 heterocycles. The molecule has 1 fully saturated rings. The molecule has 2 aliphatic heterocycles. The fourth-order valence-electron chi connectivity index (χ4n) is 2.89. The monoisotopic (exact) mass is 305 g/mol. The molecule has 0 aromatic heterocycles. The maximum Gasteiger partial charge on any atom is 0.242 e. The van der Waals surface area contributed by atoms with Gasteiger partial charge < -0.3 is 25.4 Å². The van der Waals surface area contributed by atoms with Crippen LogP contribution in [0.3, 0.4) is 0 Å². The van der Waals surface area contributed by atoms with Gasteiger partial charge in [-0.05, 0) is 24.1 Å². The second-order valence-electron chi connectivity index (χ2n) is 5.54. The van der Waals surface area contributed by atoms with Crippen LogP contribution in [0.1, 0.15) is 12.0 Å². The Morgan fingerprint density at radius 1 is 1.36 bits per heavy atom. The number of carbonyl (C=O) groups excluding carboxylic acids is 2. The van der Waals surface area contributed by atoms with E-state index in [2.05, 4.69) is 5.32 Å². The van der Waals surface area contributed by atoms with E-state index >= 15 is 0 Å². The molecule has 0 unspecified atom stereocenters. The van der Waals surface area contributed by atoms with E-state index in [0.717, 1.165) is 5.56 Å². The topological polar surface area (TPSA) is 93.9 Å². The zero-order chi connectivity index (χ0) is 15.7. The summed E-state index contributed by atoms with van der Waals surface area (Å²) in [5.41, 5.74) is 6.73. The van der Waals surface area contributed by atoms with Gasteiger partial charge in [-0.25, -0.2) is 0 Å². The first-order valence-corrected chi connectivity index (χ1v) is 7.23. The number of fused-ring (bicyclic) bond motifs is 1. The van der Waals surface area contributed by atoms with Crippen LogP contribution in [0.4, 0.5) is 0 Å². The Bertz CT molecular complexity index is 604. The Morgan fingerprint density at radius 2 is 2.14 bits per heavy atom. The highest BCUT2D eigenvalue weighted by molar-refractivity contribution is 5.89. The van der Waals surface area contributed by atoms with Crippen LogP contribution in [-0.4, -0.2) is 49.2 Å². The van der Waals surface area contributed by atoms with Crippen LogP contribution in [0.5, 0.6) is 11.5 Å². The van der Waals surface area contributed by atoms with E-state index in [1.54, 1.807) is 24.1 Å². The van der Waals surface area contributed by atoms with E-state index in [1.807, 2.05) is 6.07 Å². The molecule has 1 saturated heterocycles. The number of nitrogens with one attached hydrogen (secondary N) is 1. The smallest absolute Gasteiger partial charge is 0.242 e. The van der Waals surface area contributed by atoms with Crippen LogP contribution in [-0.2, 0) is 16.0 Å². The highest BCUT2D eigenvalue weighted by Gasteiger charge is 2.37. The SMILES string of the molecule is CNC(=O)[C@@H]1C[C@@H](N)CN1C(=O)Cc1ccc2c(c1)OCO2. The van der Waals surface area contributed by atoms with E-state index in [-0.39, 0.29) is 31.1 Å². The normalized spacial score (nSPS) is 22.7. The maximum absolute atomic E-state index is 12.5. The predicted octanol–water partition coefficient (Wildman–Crippen LogP) is -0.368. The van der Waals surface area contributed by atoms with Crippen molar-refractivity contribution in [2.75, 3.05) is 20.4 Å². The molecule has 2 aliphatic rings. The number of hydrogen-bond acceptors (Lipinski definition) is 5. The number of carbonyl (C=O) groups is 2. The van der Waals surface area contributed by atoms with Gasteiger partial charge in [0.25, 0.3) is 0 Å².